The number of para-hydroxylation sites is 1. The molecule has 0 atom stereocenters. The van der Waals surface area contributed by atoms with Gasteiger partial charge in [0.15, 0.2) is 29.7 Å². The first-order valence-corrected chi connectivity index (χ1v) is 12.9. The summed E-state index contributed by atoms with van der Waals surface area (Å²) in [6.45, 7) is -0.387. The highest BCUT2D eigenvalue weighted by Crippen LogP contribution is 2.50. The van der Waals surface area contributed by atoms with Crippen LogP contribution >= 0.6 is 15.9 Å². The summed E-state index contributed by atoms with van der Waals surface area (Å²) in [6, 6.07) is 9.36. The van der Waals surface area contributed by atoms with Crippen LogP contribution in [0.4, 0.5) is 10.1 Å². The van der Waals surface area contributed by atoms with Gasteiger partial charge in [-0.1, -0.05) is 12.1 Å². The topological polar surface area (TPSA) is 90.9 Å². The predicted octanol–water partition coefficient (Wildman–Crippen LogP) is 5.74. The summed E-state index contributed by atoms with van der Waals surface area (Å²) in [7, 11) is 1.47. The molecular formula is C28H25BrFNO6. The Kier molecular flexibility index (Phi) is 7.15. The first-order chi connectivity index (χ1) is 17.9. The van der Waals surface area contributed by atoms with Crippen molar-refractivity contribution in [2.24, 2.45) is 0 Å². The van der Waals surface area contributed by atoms with Gasteiger partial charge in [0.05, 0.1) is 17.3 Å². The third kappa shape index (κ3) is 4.92. The largest absolute Gasteiger partial charge is 0.493 e. The predicted molar refractivity (Wildman–Crippen MR) is 137 cm³/mol. The molecule has 7 nitrogen and oxygen atoms in total. The minimum atomic E-state index is -0.553. The van der Waals surface area contributed by atoms with Crippen LogP contribution in [0.5, 0.6) is 11.5 Å². The Hall–Kier alpha value is -3.46. The minimum absolute atomic E-state index is 0.0172. The molecule has 1 amide bonds. The van der Waals surface area contributed by atoms with E-state index in [-0.39, 0.29) is 29.6 Å². The molecule has 2 aromatic carbocycles. The van der Waals surface area contributed by atoms with Crippen molar-refractivity contribution < 1.29 is 33.0 Å². The molecule has 0 saturated carbocycles. The average molecular weight is 570 g/mol. The van der Waals surface area contributed by atoms with Crippen molar-refractivity contribution in [3.8, 4) is 11.5 Å². The van der Waals surface area contributed by atoms with E-state index in [1.807, 2.05) is 0 Å². The summed E-state index contributed by atoms with van der Waals surface area (Å²) in [5.41, 5.74) is 1.82. The number of rotatable bonds is 6. The maximum atomic E-state index is 13.9. The fraction of sp³-hybridized carbons (Fsp3) is 0.321. The van der Waals surface area contributed by atoms with Crippen LogP contribution in [0.15, 0.2) is 63.5 Å². The number of allylic oxidation sites excluding steroid dienone is 4. The van der Waals surface area contributed by atoms with Gasteiger partial charge in [-0.25, -0.2) is 4.39 Å². The van der Waals surface area contributed by atoms with Crippen molar-refractivity contribution in [3.63, 3.8) is 0 Å². The van der Waals surface area contributed by atoms with Crippen molar-refractivity contribution >= 4 is 39.1 Å². The molecule has 3 aliphatic rings. The third-order valence-electron chi connectivity index (χ3n) is 6.72. The molecule has 9 heteroatoms. The second-order valence-electron chi connectivity index (χ2n) is 9.11. The molecule has 0 bridgehead atoms. The highest BCUT2D eigenvalue weighted by atomic mass is 79.9. The first kappa shape index (κ1) is 25.2. The number of hydrogen-bond acceptors (Lipinski definition) is 6. The Morgan fingerprint density at radius 3 is 2.32 bits per heavy atom. The van der Waals surface area contributed by atoms with Gasteiger partial charge >= 0.3 is 0 Å². The molecule has 192 valence electrons. The Morgan fingerprint density at radius 2 is 1.70 bits per heavy atom. The summed E-state index contributed by atoms with van der Waals surface area (Å²) < 4.78 is 31.8. The van der Waals surface area contributed by atoms with E-state index in [4.69, 9.17) is 14.2 Å². The molecule has 2 aromatic rings. The summed E-state index contributed by atoms with van der Waals surface area (Å²) in [5, 5.41) is 2.48. The number of halogens is 2. The molecule has 0 aromatic heterocycles. The Bertz CT molecular complexity index is 1320. The number of carbonyl (C=O) groups is 3. The SMILES string of the molecule is COc1cc(C2C3=C(CCCC3=O)OC3=C2C(=O)CCC3)cc(Br)c1OCC(=O)Nc1ccccc1F. The van der Waals surface area contributed by atoms with E-state index in [1.165, 1.54) is 25.3 Å². The fourth-order valence-corrected chi connectivity index (χ4v) is 5.66. The lowest BCUT2D eigenvalue weighted by atomic mass is 9.73. The normalized spacial score (nSPS) is 17.7. The third-order valence-corrected chi connectivity index (χ3v) is 7.31. The number of nitrogens with one attached hydrogen (secondary N) is 1. The summed E-state index contributed by atoms with van der Waals surface area (Å²) >= 11 is 3.51. The molecule has 37 heavy (non-hydrogen) atoms. The summed E-state index contributed by atoms with van der Waals surface area (Å²) in [5.74, 6) is 0.214. The lowest BCUT2D eigenvalue weighted by molar-refractivity contribution is -0.119. The molecule has 0 spiro atoms. The van der Waals surface area contributed by atoms with E-state index in [2.05, 4.69) is 21.2 Å². The number of ketones is 2. The van der Waals surface area contributed by atoms with Crippen molar-refractivity contribution in [2.75, 3.05) is 19.0 Å². The van der Waals surface area contributed by atoms with Crippen molar-refractivity contribution in [1.29, 1.82) is 0 Å². The van der Waals surface area contributed by atoms with Crippen LogP contribution in [-0.4, -0.2) is 31.2 Å². The molecule has 0 unspecified atom stereocenters. The molecule has 1 N–H and O–H groups in total. The number of hydrogen-bond donors (Lipinski definition) is 1. The van der Waals surface area contributed by atoms with Crippen LogP contribution in [0.25, 0.3) is 0 Å². The Morgan fingerprint density at radius 1 is 1.05 bits per heavy atom. The minimum Gasteiger partial charge on any atom is -0.493 e. The molecular weight excluding hydrogens is 545 g/mol. The van der Waals surface area contributed by atoms with Crippen molar-refractivity contribution in [1.82, 2.24) is 0 Å². The number of carbonyl (C=O) groups excluding carboxylic acids is 3. The van der Waals surface area contributed by atoms with Gasteiger partial charge in [0.25, 0.3) is 5.91 Å². The van der Waals surface area contributed by atoms with Crippen LogP contribution in [0.2, 0.25) is 0 Å². The van der Waals surface area contributed by atoms with Gasteiger partial charge in [-0.05, 0) is 58.6 Å². The van der Waals surface area contributed by atoms with E-state index >= 15 is 0 Å². The van der Waals surface area contributed by atoms with Gasteiger partial charge in [0.1, 0.15) is 17.3 Å². The van der Waals surface area contributed by atoms with Crippen LogP contribution < -0.4 is 14.8 Å². The number of methoxy groups -OCH3 is 1. The number of amides is 1. The molecule has 2 aliphatic carbocycles. The zero-order chi connectivity index (χ0) is 26.1. The first-order valence-electron chi connectivity index (χ1n) is 12.1. The number of Topliss-reactive ketones (excluding diaryl/α,β-unsaturated/α-hetero) is 2. The summed E-state index contributed by atoms with van der Waals surface area (Å²) in [4.78, 5) is 38.5. The number of ether oxygens (including phenoxy) is 3. The van der Waals surface area contributed by atoms with Crippen LogP contribution in [0, 0.1) is 5.82 Å². The van der Waals surface area contributed by atoms with Gasteiger partial charge in [-0.2, -0.15) is 0 Å². The van der Waals surface area contributed by atoms with Gasteiger partial charge < -0.3 is 19.5 Å². The highest BCUT2D eigenvalue weighted by molar-refractivity contribution is 9.10. The van der Waals surface area contributed by atoms with Crippen LogP contribution in [0.3, 0.4) is 0 Å². The smallest absolute Gasteiger partial charge is 0.262 e. The quantitative estimate of drug-likeness (QED) is 0.477. The van der Waals surface area contributed by atoms with E-state index in [0.29, 0.717) is 64.1 Å². The van der Waals surface area contributed by atoms with E-state index < -0.39 is 17.6 Å². The maximum Gasteiger partial charge on any atom is 0.262 e. The van der Waals surface area contributed by atoms with Gasteiger partial charge in [-0.3, -0.25) is 14.4 Å². The highest BCUT2D eigenvalue weighted by Gasteiger charge is 2.42. The molecule has 0 saturated heterocycles. The number of anilines is 1. The van der Waals surface area contributed by atoms with Gasteiger partial charge in [0.2, 0.25) is 0 Å². The average Bonchev–Trinajstić information content (AvgIpc) is 2.88. The van der Waals surface area contributed by atoms with E-state index in [1.54, 1.807) is 18.2 Å². The second kappa shape index (κ2) is 10.5. The van der Waals surface area contributed by atoms with Gasteiger partial charge in [-0.15, -0.1) is 0 Å². The zero-order valence-corrected chi connectivity index (χ0v) is 21.8. The zero-order valence-electron chi connectivity index (χ0n) is 20.2. The molecule has 1 aliphatic heterocycles. The van der Waals surface area contributed by atoms with Crippen molar-refractivity contribution in [3.05, 3.63) is 74.9 Å². The number of benzene rings is 2. The molecule has 0 radical (unpaired) electrons. The maximum absolute atomic E-state index is 13.9. The van der Waals surface area contributed by atoms with Crippen LogP contribution in [-0.2, 0) is 19.1 Å². The van der Waals surface area contributed by atoms with Crippen molar-refractivity contribution in [2.45, 2.75) is 44.4 Å². The fourth-order valence-electron chi connectivity index (χ4n) is 5.08. The Labute approximate surface area is 221 Å². The molecule has 5 rings (SSSR count). The standard InChI is InChI=1S/C28H25BrFNO6/c1-35-23-13-15(12-16(29)28(23)36-14-24(34)31-18-7-3-2-6-17(18)30)25-26-19(32)8-4-10-21(26)37-22-11-5-9-20(33)27(22)25/h2-3,6-7,12-13,25H,4-5,8-11,14H2,1H3,(H,31,34). The summed E-state index contributed by atoms with van der Waals surface area (Å²) in [6.07, 6.45) is 3.56. The lowest BCUT2D eigenvalue weighted by Crippen LogP contribution is -2.30. The van der Waals surface area contributed by atoms with Gasteiger partial charge in [0, 0.05) is 42.7 Å². The van der Waals surface area contributed by atoms with Crippen LogP contribution in [0.1, 0.15) is 50.0 Å². The van der Waals surface area contributed by atoms with E-state index in [0.717, 1.165) is 12.8 Å². The van der Waals surface area contributed by atoms with E-state index in [9.17, 15) is 18.8 Å². The second-order valence-corrected chi connectivity index (χ2v) is 9.97. The monoisotopic (exact) mass is 569 g/mol. The lowest BCUT2D eigenvalue weighted by Gasteiger charge is -2.36. The Balaban J connectivity index is 1.46. The molecule has 1 heterocycles. The molecule has 0 fully saturated rings.